The average Bonchev–Trinajstić information content (AvgIpc) is 3.16. The van der Waals surface area contributed by atoms with Gasteiger partial charge >= 0.3 is 12.1 Å². The average molecular weight is 537 g/mol. The van der Waals surface area contributed by atoms with Gasteiger partial charge in [-0.2, -0.15) is 0 Å². The molecule has 3 aromatic rings. The molecule has 0 spiro atoms. The van der Waals surface area contributed by atoms with E-state index in [1.807, 2.05) is 24.3 Å². The number of alkyl carbamates (subject to hydrolysis) is 1. The number of anilines is 1. The smallest absolute Gasteiger partial charge is 0.407 e. The van der Waals surface area contributed by atoms with Gasteiger partial charge in [0.2, 0.25) is 5.91 Å². The predicted octanol–water partition coefficient (Wildman–Crippen LogP) is 5.79. The number of amides is 2. The molecule has 1 aliphatic rings. The molecule has 3 aromatic carbocycles. The van der Waals surface area contributed by atoms with Crippen LogP contribution < -0.4 is 10.6 Å². The Labute approximate surface area is 211 Å². The van der Waals surface area contributed by atoms with E-state index in [9.17, 15) is 19.5 Å². The number of aromatic carboxylic acids is 1. The third-order valence-corrected chi connectivity index (χ3v) is 6.49. The van der Waals surface area contributed by atoms with Crippen molar-refractivity contribution in [2.45, 2.75) is 31.7 Å². The number of nitrogens with one attached hydrogen (secondary N) is 2. The standard InChI is InChI=1S/C27H25BrN2O5/c1-16(10-13-25(31)30-24-12-11-17(28)14-22(24)26(32)33)29-27(34)35-15-23-20-8-4-2-6-18(20)19-7-3-5-9-21(19)23/h2-9,11-12,14,16,23H,10,13,15H2,1H3,(H,29,34)(H,30,31)(H,32,33). The molecular weight excluding hydrogens is 512 g/mol. The number of carbonyl (C=O) groups is 3. The van der Waals surface area contributed by atoms with Crippen molar-refractivity contribution in [3.63, 3.8) is 0 Å². The maximum Gasteiger partial charge on any atom is 0.407 e. The molecule has 4 rings (SSSR count). The van der Waals surface area contributed by atoms with E-state index in [1.165, 1.54) is 12.1 Å². The quantitative estimate of drug-likeness (QED) is 0.337. The lowest BCUT2D eigenvalue weighted by Gasteiger charge is -2.17. The predicted molar refractivity (Wildman–Crippen MR) is 137 cm³/mol. The molecule has 0 saturated heterocycles. The van der Waals surface area contributed by atoms with Gasteiger partial charge in [0.25, 0.3) is 0 Å². The Morgan fingerprint density at radius 1 is 1.00 bits per heavy atom. The van der Waals surface area contributed by atoms with Crippen LogP contribution in [-0.2, 0) is 9.53 Å². The summed E-state index contributed by atoms with van der Waals surface area (Å²) in [5.41, 5.74) is 4.82. The zero-order valence-corrected chi connectivity index (χ0v) is 20.7. The van der Waals surface area contributed by atoms with E-state index in [0.717, 1.165) is 22.3 Å². The number of carboxylic acid groups (broad SMARTS) is 1. The molecule has 1 unspecified atom stereocenters. The van der Waals surface area contributed by atoms with Crippen LogP contribution in [0, 0.1) is 0 Å². The molecule has 8 heteroatoms. The molecule has 1 aliphatic carbocycles. The van der Waals surface area contributed by atoms with Gasteiger partial charge in [0.1, 0.15) is 6.61 Å². The first-order chi connectivity index (χ1) is 16.8. The number of fused-ring (bicyclic) bond motifs is 3. The third kappa shape index (κ3) is 5.71. The van der Waals surface area contributed by atoms with Crippen molar-refractivity contribution in [1.29, 1.82) is 0 Å². The summed E-state index contributed by atoms with van der Waals surface area (Å²) in [5.74, 6) is -1.49. The molecule has 3 N–H and O–H groups in total. The van der Waals surface area contributed by atoms with Crippen LogP contribution in [0.25, 0.3) is 11.1 Å². The van der Waals surface area contributed by atoms with Crippen molar-refractivity contribution in [2.75, 3.05) is 11.9 Å². The molecule has 7 nitrogen and oxygen atoms in total. The van der Waals surface area contributed by atoms with Gasteiger partial charge in [-0.05, 0) is 53.8 Å². The van der Waals surface area contributed by atoms with Crippen molar-refractivity contribution < 1.29 is 24.2 Å². The van der Waals surface area contributed by atoms with Crippen molar-refractivity contribution in [1.82, 2.24) is 5.32 Å². The highest BCUT2D eigenvalue weighted by atomic mass is 79.9. The Bertz CT molecular complexity index is 1230. The summed E-state index contributed by atoms with van der Waals surface area (Å²) < 4.78 is 6.15. The zero-order chi connectivity index (χ0) is 24.9. The van der Waals surface area contributed by atoms with Crippen LogP contribution in [0.4, 0.5) is 10.5 Å². The Morgan fingerprint density at radius 3 is 2.26 bits per heavy atom. The van der Waals surface area contributed by atoms with Crippen LogP contribution in [0.2, 0.25) is 0 Å². The maximum absolute atomic E-state index is 12.4. The second-order valence-electron chi connectivity index (χ2n) is 8.45. The summed E-state index contributed by atoms with van der Waals surface area (Å²) >= 11 is 3.23. The monoisotopic (exact) mass is 536 g/mol. The lowest BCUT2D eigenvalue weighted by Crippen LogP contribution is -2.34. The summed E-state index contributed by atoms with van der Waals surface area (Å²) in [6.07, 6.45) is -0.0598. The lowest BCUT2D eigenvalue weighted by atomic mass is 9.98. The highest BCUT2D eigenvalue weighted by Gasteiger charge is 2.29. The van der Waals surface area contributed by atoms with E-state index in [1.54, 1.807) is 13.0 Å². The van der Waals surface area contributed by atoms with Gasteiger partial charge in [-0.15, -0.1) is 0 Å². The topological polar surface area (TPSA) is 105 Å². The van der Waals surface area contributed by atoms with E-state index in [-0.39, 0.29) is 42.1 Å². The molecule has 1 atom stereocenters. The van der Waals surface area contributed by atoms with Gasteiger partial charge in [0.05, 0.1) is 11.3 Å². The van der Waals surface area contributed by atoms with Crippen LogP contribution in [0.3, 0.4) is 0 Å². The number of halogens is 1. The fraction of sp³-hybridized carbons (Fsp3) is 0.222. The minimum absolute atomic E-state index is 0.00228. The van der Waals surface area contributed by atoms with Gasteiger partial charge in [0.15, 0.2) is 0 Å². The molecule has 0 heterocycles. The minimum Gasteiger partial charge on any atom is -0.478 e. The number of hydrogen-bond donors (Lipinski definition) is 3. The molecular formula is C27H25BrN2O5. The molecule has 2 amide bonds. The summed E-state index contributed by atoms with van der Waals surface area (Å²) in [6, 6.07) is 20.6. The van der Waals surface area contributed by atoms with Crippen molar-refractivity contribution in [3.05, 3.63) is 87.9 Å². The Morgan fingerprint density at radius 2 is 1.63 bits per heavy atom. The van der Waals surface area contributed by atoms with Crippen molar-refractivity contribution in [3.8, 4) is 11.1 Å². The fourth-order valence-corrected chi connectivity index (χ4v) is 4.64. The lowest BCUT2D eigenvalue weighted by molar-refractivity contribution is -0.116. The molecule has 0 saturated carbocycles. The molecule has 0 fully saturated rings. The van der Waals surface area contributed by atoms with Crippen molar-refractivity contribution in [2.24, 2.45) is 0 Å². The van der Waals surface area contributed by atoms with E-state index >= 15 is 0 Å². The minimum atomic E-state index is -1.13. The number of ether oxygens (including phenoxy) is 1. The number of carboxylic acids is 1. The van der Waals surface area contributed by atoms with Crippen LogP contribution in [0.1, 0.15) is 47.2 Å². The van der Waals surface area contributed by atoms with E-state index in [0.29, 0.717) is 10.9 Å². The zero-order valence-electron chi connectivity index (χ0n) is 19.1. The molecule has 0 aromatic heterocycles. The van der Waals surface area contributed by atoms with Crippen LogP contribution in [0.5, 0.6) is 0 Å². The van der Waals surface area contributed by atoms with Gasteiger partial charge < -0.3 is 20.5 Å². The third-order valence-electron chi connectivity index (χ3n) is 6.00. The van der Waals surface area contributed by atoms with Crippen molar-refractivity contribution >= 4 is 39.6 Å². The summed E-state index contributed by atoms with van der Waals surface area (Å²) in [7, 11) is 0. The van der Waals surface area contributed by atoms with Gasteiger partial charge in [0, 0.05) is 22.9 Å². The molecule has 180 valence electrons. The normalized spacial score (nSPS) is 12.9. The number of hydrogen-bond acceptors (Lipinski definition) is 4. The SMILES string of the molecule is CC(CCC(=O)Nc1ccc(Br)cc1C(=O)O)NC(=O)OCC1c2ccccc2-c2ccccc21. The summed E-state index contributed by atoms with van der Waals surface area (Å²) in [6.45, 7) is 2.01. The van der Waals surface area contributed by atoms with Crippen LogP contribution in [0.15, 0.2) is 71.2 Å². The first-order valence-corrected chi connectivity index (χ1v) is 12.1. The first kappa shape index (κ1) is 24.5. The Kier molecular flexibility index (Phi) is 7.51. The van der Waals surface area contributed by atoms with E-state index < -0.39 is 12.1 Å². The van der Waals surface area contributed by atoms with Gasteiger partial charge in [-0.3, -0.25) is 4.79 Å². The number of carbonyl (C=O) groups excluding carboxylic acids is 2. The molecule has 0 radical (unpaired) electrons. The second kappa shape index (κ2) is 10.7. The highest BCUT2D eigenvalue weighted by molar-refractivity contribution is 9.10. The summed E-state index contributed by atoms with van der Waals surface area (Å²) in [4.78, 5) is 36.2. The number of rotatable bonds is 8. The van der Waals surface area contributed by atoms with Gasteiger partial charge in [-0.25, -0.2) is 9.59 Å². The largest absolute Gasteiger partial charge is 0.478 e. The molecule has 35 heavy (non-hydrogen) atoms. The Hall–Kier alpha value is -3.65. The fourth-order valence-electron chi connectivity index (χ4n) is 4.28. The van der Waals surface area contributed by atoms with Crippen LogP contribution >= 0.6 is 15.9 Å². The van der Waals surface area contributed by atoms with E-state index in [2.05, 4.69) is 50.8 Å². The molecule has 0 aliphatic heterocycles. The maximum atomic E-state index is 12.4. The number of benzene rings is 3. The van der Waals surface area contributed by atoms with Gasteiger partial charge in [-0.1, -0.05) is 64.5 Å². The Balaban J connectivity index is 1.27. The first-order valence-electron chi connectivity index (χ1n) is 11.3. The van der Waals surface area contributed by atoms with Crippen LogP contribution in [-0.4, -0.2) is 35.7 Å². The molecule has 0 bridgehead atoms. The van der Waals surface area contributed by atoms with E-state index in [4.69, 9.17) is 4.74 Å². The summed E-state index contributed by atoms with van der Waals surface area (Å²) in [5, 5.41) is 14.7. The second-order valence-corrected chi connectivity index (χ2v) is 9.37. The highest BCUT2D eigenvalue weighted by Crippen LogP contribution is 2.44.